The summed E-state index contributed by atoms with van der Waals surface area (Å²) in [6.07, 6.45) is 0. The molecule has 6 heavy (non-hydrogen) atoms. The van der Waals surface area contributed by atoms with Gasteiger partial charge in [0.1, 0.15) is 5.88 Å². The van der Waals surface area contributed by atoms with E-state index < -0.39 is 11.1 Å². The molecule has 0 aromatic rings. The first-order valence-electron chi connectivity index (χ1n) is 1.37. The Kier molecular flexibility index (Phi) is 1.16. The summed E-state index contributed by atoms with van der Waals surface area (Å²) < 4.78 is 14.2. The first kappa shape index (κ1) is 4.20. The highest BCUT2D eigenvalue weighted by Crippen LogP contribution is 1.83. The zero-order valence-electron chi connectivity index (χ0n) is 2.88. The molecule has 0 aromatic carbocycles. The van der Waals surface area contributed by atoms with Gasteiger partial charge in [-0.15, -0.1) is 11.0 Å². The number of hydrogen-bond acceptors (Lipinski definition) is 3. The SMILES string of the molecule is O=S1C[N]NO1. The molecule has 1 heterocycles. The summed E-state index contributed by atoms with van der Waals surface area (Å²) in [5, 5.41) is 0. The van der Waals surface area contributed by atoms with E-state index in [1.807, 2.05) is 0 Å². The fourth-order valence-corrected chi connectivity index (χ4v) is 0.520. The predicted molar refractivity (Wildman–Crippen MR) is 19.4 cm³/mol. The van der Waals surface area contributed by atoms with Crippen molar-refractivity contribution in [2.45, 2.75) is 0 Å². The van der Waals surface area contributed by atoms with Crippen molar-refractivity contribution >= 4 is 11.1 Å². The molecule has 0 aromatic heterocycles. The predicted octanol–water partition coefficient (Wildman–Crippen LogP) is -1.34. The quantitative estimate of drug-likeness (QED) is 0.417. The van der Waals surface area contributed by atoms with Crippen LogP contribution in [0.4, 0.5) is 0 Å². The summed E-state index contributed by atoms with van der Waals surface area (Å²) in [5.41, 5.74) is 5.49. The van der Waals surface area contributed by atoms with E-state index >= 15 is 0 Å². The van der Waals surface area contributed by atoms with Crippen molar-refractivity contribution in [2.24, 2.45) is 0 Å². The third kappa shape index (κ3) is 0.749. The maximum absolute atomic E-state index is 9.98. The minimum Gasteiger partial charge on any atom is -0.227 e. The summed E-state index contributed by atoms with van der Waals surface area (Å²) >= 11 is -1.20. The highest BCUT2D eigenvalue weighted by Gasteiger charge is 2.06. The molecule has 1 saturated heterocycles. The molecule has 0 saturated carbocycles. The molecule has 35 valence electrons. The molecule has 1 aliphatic rings. The van der Waals surface area contributed by atoms with Gasteiger partial charge >= 0.3 is 0 Å². The van der Waals surface area contributed by atoms with Gasteiger partial charge < -0.3 is 0 Å². The molecule has 1 aliphatic heterocycles. The van der Waals surface area contributed by atoms with Crippen LogP contribution in [0.2, 0.25) is 0 Å². The third-order valence-corrected chi connectivity index (χ3v) is 0.965. The largest absolute Gasteiger partial charge is 0.227 e. The second-order valence-electron chi connectivity index (χ2n) is 0.766. The second kappa shape index (κ2) is 1.65. The molecule has 1 unspecified atom stereocenters. The molecule has 4 nitrogen and oxygen atoms in total. The normalized spacial score (nSPS) is 34.3. The fourth-order valence-electron chi connectivity index (χ4n) is 0.173. The summed E-state index contributed by atoms with van der Waals surface area (Å²) in [5.74, 6) is 0.250. The lowest BCUT2D eigenvalue weighted by atomic mass is 11.5. The van der Waals surface area contributed by atoms with Gasteiger partial charge in [-0.1, -0.05) is 0 Å². The van der Waals surface area contributed by atoms with Crippen molar-refractivity contribution in [2.75, 3.05) is 5.88 Å². The van der Waals surface area contributed by atoms with Crippen LogP contribution in [0.5, 0.6) is 0 Å². The lowest BCUT2D eigenvalue weighted by Gasteiger charge is -1.76. The van der Waals surface area contributed by atoms with Crippen molar-refractivity contribution in [1.82, 2.24) is 11.0 Å². The van der Waals surface area contributed by atoms with Crippen LogP contribution in [0.25, 0.3) is 0 Å². The van der Waals surface area contributed by atoms with Crippen LogP contribution in [0, 0.1) is 0 Å². The Labute approximate surface area is 37.5 Å². The van der Waals surface area contributed by atoms with Gasteiger partial charge in [0.05, 0.1) is 0 Å². The van der Waals surface area contributed by atoms with Crippen molar-refractivity contribution in [1.29, 1.82) is 0 Å². The lowest BCUT2D eigenvalue weighted by Crippen LogP contribution is -2.11. The Morgan fingerprint density at radius 2 is 2.83 bits per heavy atom. The van der Waals surface area contributed by atoms with Gasteiger partial charge in [-0.2, -0.15) is 4.28 Å². The lowest BCUT2D eigenvalue weighted by molar-refractivity contribution is 0.210. The second-order valence-corrected chi connectivity index (χ2v) is 1.80. The van der Waals surface area contributed by atoms with E-state index in [1.54, 1.807) is 0 Å². The molecule has 0 bridgehead atoms. The van der Waals surface area contributed by atoms with E-state index in [0.717, 1.165) is 0 Å². The molecule has 1 N–H and O–H groups in total. The smallest absolute Gasteiger partial charge is 0.192 e. The molecule has 1 fully saturated rings. The Hall–Kier alpha value is 0.0300. The zero-order valence-corrected chi connectivity index (χ0v) is 3.70. The van der Waals surface area contributed by atoms with Gasteiger partial charge in [0.2, 0.25) is 0 Å². The average molecular weight is 107 g/mol. The van der Waals surface area contributed by atoms with Crippen LogP contribution in [0.15, 0.2) is 0 Å². The minimum absolute atomic E-state index is 0.250. The van der Waals surface area contributed by atoms with E-state index in [0.29, 0.717) is 0 Å². The van der Waals surface area contributed by atoms with Crippen molar-refractivity contribution in [3.63, 3.8) is 0 Å². The Balaban J connectivity index is 2.37. The highest BCUT2D eigenvalue weighted by atomic mass is 32.2. The summed E-state index contributed by atoms with van der Waals surface area (Å²) in [7, 11) is 0. The van der Waals surface area contributed by atoms with Crippen molar-refractivity contribution < 1.29 is 8.49 Å². The molecule has 1 radical (unpaired) electrons. The number of rotatable bonds is 0. The molecule has 0 amide bonds. The Morgan fingerprint density at radius 3 is 3.00 bits per heavy atom. The topological polar surface area (TPSA) is 52.4 Å². The van der Waals surface area contributed by atoms with Crippen LogP contribution < -0.4 is 11.0 Å². The third-order valence-electron chi connectivity index (χ3n) is 0.365. The Bertz CT molecular complexity index is 65.9. The molecule has 5 heteroatoms. The molecular formula is CH3N2O2S. The van der Waals surface area contributed by atoms with Gasteiger partial charge in [0.25, 0.3) is 0 Å². The maximum atomic E-state index is 9.98. The first-order chi connectivity index (χ1) is 2.89. The molecule has 1 atom stereocenters. The molecule has 1 rings (SSSR count). The average Bonchev–Trinajstić information content (AvgIpc) is 1.86. The van der Waals surface area contributed by atoms with Crippen LogP contribution in [0.3, 0.4) is 0 Å². The van der Waals surface area contributed by atoms with Gasteiger partial charge in [-0.3, -0.25) is 0 Å². The van der Waals surface area contributed by atoms with E-state index in [9.17, 15) is 4.21 Å². The van der Waals surface area contributed by atoms with E-state index in [2.05, 4.69) is 15.3 Å². The number of nitrogens with zero attached hydrogens (tertiary/aromatic N) is 1. The zero-order chi connectivity index (χ0) is 4.41. The van der Waals surface area contributed by atoms with Crippen LogP contribution in [-0.4, -0.2) is 10.1 Å². The number of hydrogen-bond donors (Lipinski definition) is 1. The van der Waals surface area contributed by atoms with Crippen molar-refractivity contribution in [3.05, 3.63) is 0 Å². The molecular weight excluding hydrogens is 104 g/mol. The van der Waals surface area contributed by atoms with Crippen LogP contribution >= 0.6 is 0 Å². The van der Waals surface area contributed by atoms with E-state index in [4.69, 9.17) is 0 Å². The number of nitrogens with one attached hydrogen (secondary N) is 1. The van der Waals surface area contributed by atoms with Crippen LogP contribution in [-0.2, 0) is 15.4 Å². The summed E-state index contributed by atoms with van der Waals surface area (Å²) in [6, 6.07) is 0. The Morgan fingerprint density at radius 1 is 2.00 bits per heavy atom. The maximum Gasteiger partial charge on any atom is 0.192 e. The minimum atomic E-state index is -1.20. The van der Waals surface area contributed by atoms with Gasteiger partial charge in [-0.25, -0.2) is 4.21 Å². The standard InChI is InChI=1S/CH3N2O2S/c4-6-1-2-3-5-6/h3H,1H2. The monoisotopic (exact) mass is 107 g/mol. The fraction of sp³-hybridized carbons (Fsp3) is 1.00. The van der Waals surface area contributed by atoms with Gasteiger partial charge in [0, 0.05) is 0 Å². The summed E-state index contributed by atoms with van der Waals surface area (Å²) in [4.78, 5) is 0. The van der Waals surface area contributed by atoms with Crippen LogP contribution in [0.1, 0.15) is 0 Å². The first-order valence-corrected chi connectivity index (χ1v) is 2.61. The molecule has 0 aliphatic carbocycles. The van der Waals surface area contributed by atoms with Gasteiger partial charge in [-0.05, 0) is 0 Å². The highest BCUT2D eigenvalue weighted by molar-refractivity contribution is 7.80. The van der Waals surface area contributed by atoms with E-state index in [1.165, 1.54) is 0 Å². The van der Waals surface area contributed by atoms with Crippen molar-refractivity contribution in [3.8, 4) is 0 Å². The van der Waals surface area contributed by atoms with E-state index in [-0.39, 0.29) is 5.88 Å². The molecule has 0 spiro atoms. The van der Waals surface area contributed by atoms with Gasteiger partial charge in [0.15, 0.2) is 11.1 Å². The summed E-state index contributed by atoms with van der Waals surface area (Å²) in [6.45, 7) is 0.